The monoisotopic (exact) mass is 158 g/mol. The summed E-state index contributed by atoms with van der Waals surface area (Å²) in [6, 6.07) is 0.386. The number of alkyl carbamates (subject to hydrolysis) is 1. The molecule has 1 saturated carbocycles. The largest absolute Gasteiger partial charge is 0.448 e. The van der Waals surface area contributed by atoms with Crippen molar-refractivity contribution in [3.8, 4) is 0 Å². The van der Waals surface area contributed by atoms with Gasteiger partial charge in [-0.2, -0.15) is 0 Å². The minimum absolute atomic E-state index is 0.289. The van der Waals surface area contributed by atoms with Gasteiger partial charge in [-0.25, -0.2) is 4.79 Å². The van der Waals surface area contributed by atoms with Crippen LogP contribution in [0.15, 0.2) is 0 Å². The molecule has 0 spiro atoms. The van der Waals surface area contributed by atoms with Crippen LogP contribution >= 0.6 is 0 Å². The number of carbonyl (C=O) groups excluding carboxylic acids is 1. The maximum Gasteiger partial charge on any atom is 0.407 e. The summed E-state index contributed by atoms with van der Waals surface area (Å²) in [6.45, 7) is 1.15. The van der Waals surface area contributed by atoms with E-state index in [-0.39, 0.29) is 6.09 Å². The average Bonchev–Trinajstić information content (AvgIpc) is 2.72. The van der Waals surface area contributed by atoms with Gasteiger partial charge in [-0.1, -0.05) is 0 Å². The Bertz CT molecular complexity index is 134. The summed E-state index contributed by atoms with van der Waals surface area (Å²) in [7, 11) is 1.82. The zero-order valence-corrected chi connectivity index (χ0v) is 6.72. The maximum atomic E-state index is 10.8. The summed E-state index contributed by atoms with van der Waals surface area (Å²) in [6.07, 6.45) is 1.91. The lowest BCUT2D eigenvalue weighted by atomic mass is 10.7. The number of ether oxygens (including phenoxy) is 1. The molecule has 0 unspecified atom stereocenters. The van der Waals surface area contributed by atoms with Crippen molar-refractivity contribution >= 4 is 6.09 Å². The van der Waals surface area contributed by atoms with Crippen LogP contribution < -0.4 is 10.6 Å². The van der Waals surface area contributed by atoms with E-state index in [1.807, 2.05) is 7.05 Å². The van der Waals surface area contributed by atoms with Crippen molar-refractivity contribution in [2.45, 2.75) is 18.9 Å². The van der Waals surface area contributed by atoms with Crippen LogP contribution in [0.2, 0.25) is 0 Å². The van der Waals surface area contributed by atoms with Gasteiger partial charge in [0.15, 0.2) is 0 Å². The molecule has 4 heteroatoms. The second kappa shape index (κ2) is 4.18. The molecule has 0 aromatic heterocycles. The highest BCUT2D eigenvalue weighted by Gasteiger charge is 2.23. The predicted molar refractivity (Wildman–Crippen MR) is 41.4 cm³/mol. The number of amides is 1. The lowest BCUT2D eigenvalue weighted by Gasteiger charge is -2.04. The lowest BCUT2D eigenvalue weighted by Crippen LogP contribution is -2.28. The molecule has 0 aliphatic heterocycles. The van der Waals surface area contributed by atoms with Crippen LogP contribution in [0.5, 0.6) is 0 Å². The fraction of sp³-hybridized carbons (Fsp3) is 0.857. The Labute approximate surface area is 66.3 Å². The summed E-state index contributed by atoms with van der Waals surface area (Å²) < 4.78 is 4.82. The third kappa shape index (κ3) is 3.83. The van der Waals surface area contributed by atoms with E-state index in [1.165, 1.54) is 0 Å². The first-order valence-electron chi connectivity index (χ1n) is 3.91. The number of hydrogen-bond donors (Lipinski definition) is 2. The van der Waals surface area contributed by atoms with Crippen LogP contribution in [0.4, 0.5) is 4.79 Å². The van der Waals surface area contributed by atoms with Gasteiger partial charge in [0, 0.05) is 12.6 Å². The van der Waals surface area contributed by atoms with Crippen molar-refractivity contribution in [2.75, 3.05) is 20.2 Å². The molecule has 0 aromatic carbocycles. The topological polar surface area (TPSA) is 50.4 Å². The molecule has 64 valence electrons. The maximum absolute atomic E-state index is 10.8. The Morgan fingerprint density at radius 1 is 1.64 bits per heavy atom. The molecule has 1 aliphatic carbocycles. The third-order valence-corrected chi connectivity index (χ3v) is 1.48. The molecule has 1 amide bonds. The van der Waals surface area contributed by atoms with Gasteiger partial charge in [-0.05, 0) is 19.9 Å². The zero-order chi connectivity index (χ0) is 8.10. The molecule has 0 saturated heterocycles. The highest BCUT2D eigenvalue weighted by atomic mass is 16.5. The van der Waals surface area contributed by atoms with Gasteiger partial charge in [0.1, 0.15) is 6.61 Å². The predicted octanol–water partition coefficient (Wildman–Crippen LogP) is 0.0944. The highest BCUT2D eigenvalue weighted by molar-refractivity contribution is 5.67. The smallest absolute Gasteiger partial charge is 0.407 e. The zero-order valence-electron chi connectivity index (χ0n) is 6.72. The van der Waals surface area contributed by atoms with E-state index in [1.54, 1.807) is 0 Å². The van der Waals surface area contributed by atoms with Gasteiger partial charge in [-0.3, -0.25) is 0 Å². The van der Waals surface area contributed by atoms with Crippen LogP contribution in [-0.4, -0.2) is 32.3 Å². The van der Waals surface area contributed by atoms with Crippen molar-refractivity contribution in [1.82, 2.24) is 10.6 Å². The first-order valence-corrected chi connectivity index (χ1v) is 3.91. The van der Waals surface area contributed by atoms with Gasteiger partial charge >= 0.3 is 6.09 Å². The summed E-state index contributed by atoms with van der Waals surface area (Å²) >= 11 is 0. The van der Waals surface area contributed by atoms with Crippen LogP contribution in [0.3, 0.4) is 0 Å². The van der Waals surface area contributed by atoms with E-state index in [0.29, 0.717) is 19.2 Å². The minimum Gasteiger partial charge on any atom is -0.448 e. The molecule has 0 heterocycles. The summed E-state index contributed by atoms with van der Waals surface area (Å²) in [5.74, 6) is 0. The standard InChI is InChI=1S/C7H14N2O2/c1-8-4-5-11-7(10)9-6-2-3-6/h6,8H,2-5H2,1H3,(H,9,10). The van der Waals surface area contributed by atoms with Crippen LogP contribution in [0.25, 0.3) is 0 Å². The molecule has 1 aliphatic rings. The molecule has 0 atom stereocenters. The Kier molecular flexibility index (Phi) is 3.16. The van der Waals surface area contributed by atoms with Crippen molar-refractivity contribution in [1.29, 1.82) is 0 Å². The number of nitrogens with one attached hydrogen (secondary N) is 2. The van der Waals surface area contributed by atoms with Gasteiger partial charge in [0.05, 0.1) is 0 Å². The second-order valence-corrected chi connectivity index (χ2v) is 2.66. The Morgan fingerprint density at radius 2 is 2.36 bits per heavy atom. The first kappa shape index (κ1) is 8.33. The van der Waals surface area contributed by atoms with Gasteiger partial charge < -0.3 is 15.4 Å². The molecule has 0 radical (unpaired) electrons. The van der Waals surface area contributed by atoms with Crippen LogP contribution in [0, 0.1) is 0 Å². The van der Waals surface area contributed by atoms with E-state index < -0.39 is 0 Å². The molecule has 0 aromatic rings. The van der Waals surface area contributed by atoms with Gasteiger partial charge in [0.25, 0.3) is 0 Å². The van der Waals surface area contributed by atoms with Crippen molar-refractivity contribution in [3.05, 3.63) is 0 Å². The first-order chi connectivity index (χ1) is 5.33. The van der Waals surface area contributed by atoms with Crippen LogP contribution in [-0.2, 0) is 4.74 Å². The third-order valence-electron chi connectivity index (χ3n) is 1.48. The number of likely N-dealkylation sites (N-methyl/N-ethyl adjacent to an activating group) is 1. The fourth-order valence-electron chi connectivity index (χ4n) is 0.682. The van der Waals surface area contributed by atoms with E-state index >= 15 is 0 Å². The lowest BCUT2D eigenvalue weighted by molar-refractivity contribution is 0.147. The molecule has 1 fully saturated rings. The molecular formula is C7H14N2O2. The number of carbonyl (C=O) groups is 1. The molecular weight excluding hydrogens is 144 g/mol. The Balaban J connectivity index is 1.92. The van der Waals surface area contributed by atoms with Gasteiger partial charge in [-0.15, -0.1) is 0 Å². The van der Waals surface area contributed by atoms with E-state index in [2.05, 4.69) is 10.6 Å². The molecule has 4 nitrogen and oxygen atoms in total. The average molecular weight is 158 g/mol. The van der Waals surface area contributed by atoms with E-state index in [9.17, 15) is 4.79 Å². The quantitative estimate of drug-likeness (QED) is 0.570. The summed E-state index contributed by atoms with van der Waals surface area (Å²) in [5, 5.41) is 5.61. The van der Waals surface area contributed by atoms with Crippen LogP contribution in [0.1, 0.15) is 12.8 Å². The summed E-state index contributed by atoms with van der Waals surface area (Å²) in [5.41, 5.74) is 0. The molecule has 1 rings (SSSR count). The van der Waals surface area contributed by atoms with Crippen molar-refractivity contribution in [3.63, 3.8) is 0 Å². The van der Waals surface area contributed by atoms with E-state index in [4.69, 9.17) is 4.74 Å². The Morgan fingerprint density at radius 3 is 2.91 bits per heavy atom. The minimum atomic E-state index is -0.289. The Hall–Kier alpha value is -0.770. The van der Waals surface area contributed by atoms with Gasteiger partial charge in [0.2, 0.25) is 0 Å². The highest BCUT2D eigenvalue weighted by Crippen LogP contribution is 2.18. The normalized spacial score (nSPS) is 16.1. The van der Waals surface area contributed by atoms with Crippen molar-refractivity contribution < 1.29 is 9.53 Å². The SMILES string of the molecule is CNCCOC(=O)NC1CC1. The number of rotatable bonds is 4. The van der Waals surface area contributed by atoms with E-state index in [0.717, 1.165) is 12.8 Å². The summed E-state index contributed by atoms with van der Waals surface area (Å²) in [4.78, 5) is 10.8. The molecule has 2 N–H and O–H groups in total. The molecule has 0 bridgehead atoms. The molecule has 11 heavy (non-hydrogen) atoms. The van der Waals surface area contributed by atoms with Crippen molar-refractivity contribution in [2.24, 2.45) is 0 Å². The number of hydrogen-bond acceptors (Lipinski definition) is 3. The second-order valence-electron chi connectivity index (χ2n) is 2.66. The fourth-order valence-corrected chi connectivity index (χ4v) is 0.682.